The first kappa shape index (κ1) is 15.0. The minimum absolute atomic E-state index is 0.252. The molecule has 0 bridgehead atoms. The molecule has 106 valence electrons. The molecule has 0 spiro atoms. The predicted octanol–water partition coefficient (Wildman–Crippen LogP) is 5.94. The highest BCUT2D eigenvalue weighted by molar-refractivity contribution is 9.08. The summed E-state index contributed by atoms with van der Waals surface area (Å²) in [4.78, 5) is 0. The quantitative estimate of drug-likeness (QED) is 0.627. The molecule has 0 aliphatic rings. The van der Waals surface area contributed by atoms with Crippen molar-refractivity contribution in [3.8, 4) is 11.5 Å². The SMILES string of the molecule is Cc1ccc(C(C)C)c(Oc2cccc(F)c2CBr)c1. The van der Waals surface area contributed by atoms with Crippen molar-refractivity contribution >= 4 is 15.9 Å². The molecule has 0 amide bonds. The van der Waals surface area contributed by atoms with E-state index in [0.717, 1.165) is 16.9 Å². The maximum atomic E-state index is 13.8. The van der Waals surface area contributed by atoms with Crippen LogP contribution < -0.4 is 4.74 Å². The largest absolute Gasteiger partial charge is 0.457 e. The summed E-state index contributed by atoms with van der Waals surface area (Å²) in [5.74, 6) is 1.46. The van der Waals surface area contributed by atoms with E-state index in [1.165, 1.54) is 6.07 Å². The smallest absolute Gasteiger partial charge is 0.134 e. The lowest BCUT2D eigenvalue weighted by Crippen LogP contribution is -1.98. The molecule has 0 saturated carbocycles. The fourth-order valence-electron chi connectivity index (χ4n) is 2.09. The summed E-state index contributed by atoms with van der Waals surface area (Å²) in [6, 6.07) is 11.1. The van der Waals surface area contributed by atoms with Crippen molar-refractivity contribution in [1.29, 1.82) is 0 Å². The normalized spacial score (nSPS) is 10.9. The molecule has 3 heteroatoms. The molecule has 0 heterocycles. The van der Waals surface area contributed by atoms with Gasteiger partial charge in [0.1, 0.15) is 17.3 Å². The first-order chi connectivity index (χ1) is 9.52. The van der Waals surface area contributed by atoms with Gasteiger partial charge in [-0.2, -0.15) is 0 Å². The van der Waals surface area contributed by atoms with Gasteiger partial charge in [0.2, 0.25) is 0 Å². The molecule has 0 aliphatic carbocycles. The van der Waals surface area contributed by atoms with E-state index >= 15 is 0 Å². The lowest BCUT2D eigenvalue weighted by atomic mass is 10.0. The maximum Gasteiger partial charge on any atom is 0.134 e. The van der Waals surface area contributed by atoms with Crippen LogP contribution in [0.15, 0.2) is 36.4 Å². The number of benzene rings is 2. The Balaban J connectivity index is 2.44. The lowest BCUT2D eigenvalue weighted by Gasteiger charge is -2.16. The fourth-order valence-corrected chi connectivity index (χ4v) is 2.63. The van der Waals surface area contributed by atoms with Gasteiger partial charge in [-0.3, -0.25) is 0 Å². The van der Waals surface area contributed by atoms with E-state index in [9.17, 15) is 4.39 Å². The summed E-state index contributed by atoms with van der Waals surface area (Å²) in [5.41, 5.74) is 2.80. The molecule has 0 fully saturated rings. The van der Waals surface area contributed by atoms with Crippen molar-refractivity contribution in [2.75, 3.05) is 0 Å². The molecule has 0 saturated heterocycles. The molecule has 0 atom stereocenters. The molecule has 1 nitrogen and oxygen atoms in total. The van der Waals surface area contributed by atoms with E-state index in [4.69, 9.17) is 4.74 Å². The number of alkyl halides is 1. The number of rotatable bonds is 4. The van der Waals surface area contributed by atoms with Crippen LogP contribution in [0.4, 0.5) is 4.39 Å². The number of halogens is 2. The van der Waals surface area contributed by atoms with Crippen molar-refractivity contribution in [2.24, 2.45) is 0 Å². The van der Waals surface area contributed by atoms with E-state index in [1.807, 2.05) is 13.0 Å². The Morgan fingerprint density at radius 1 is 1.15 bits per heavy atom. The van der Waals surface area contributed by atoms with Crippen LogP contribution in [0, 0.1) is 12.7 Å². The van der Waals surface area contributed by atoms with Crippen LogP contribution in [0.25, 0.3) is 0 Å². The first-order valence-corrected chi connectivity index (χ1v) is 7.76. The van der Waals surface area contributed by atoms with Gasteiger partial charge in [0.25, 0.3) is 0 Å². The Labute approximate surface area is 127 Å². The van der Waals surface area contributed by atoms with Crippen LogP contribution in [-0.2, 0) is 5.33 Å². The number of hydrogen-bond acceptors (Lipinski definition) is 1. The zero-order chi connectivity index (χ0) is 14.7. The van der Waals surface area contributed by atoms with Gasteiger partial charge in [-0.15, -0.1) is 0 Å². The molecule has 0 N–H and O–H groups in total. The summed E-state index contributed by atoms with van der Waals surface area (Å²) in [6.45, 7) is 6.26. The number of ether oxygens (including phenoxy) is 1. The summed E-state index contributed by atoms with van der Waals surface area (Å²) in [6.07, 6.45) is 0. The topological polar surface area (TPSA) is 9.23 Å². The highest BCUT2D eigenvalue weighted by atomic mass is 79.9. The standard InChI is InChI=1S/C17H18BrFO/c1-11(2)13-8-7-12(3)9-17(13)20-16-6-4-5-15(19)14(16)10-18/h4-9,11H,10H2,1-3H3. The molecule has 0 radical (unpaired) electrons. The molecular weight excluding hydrogens is 319 g/mol. The van der Waals surface area contributed by atoms with Crippen LogP contribution in [-0.4, -0.2) is 0 Å². The number of hydrogen-bond donors (Lipinski definition) is 0. The molecule has 2 aromatic rings. The molecule has 0 unspecified atom stereocenters. The van der Waals surface area contributed by atoms with Gasteiger partial charge >= 0.3 is 0 Å². The minimum Gasteiger partial charge on any atom is -0.457 e. The van der Waals surface area contributed by atoms with Gasteiger partial charge in [-0.05, 0) is 42.2 Å². The second-order valence-corrected chi connectivity index (χ2v) is 5.71. The monoisotopic (exact) mass is 336 g/mol. The summed E-state index contributed by atoms with van der Waals surface area (Å²) in [5, 5.41) is 0.428. The summed E-state index contributed by atoms with van der Waals surface area (Å²) >= 11 is 3.31. The zero-order valence-corrected chi connectivity index (χ0v) is 13.5. The highest BCUT2D eigenvalue weighted by Gasteiger charge is 2.13. The molecule has 0 aromatic heterocycles. The Bertz CT molecular complexity index is 608. The minimum atomic E-state index is -0.252. The van der Waals surface area contributed by atoms with E-state index in [0.29, 0.717) is 22.6 Å². The average molecular weight is 337 g/mol. The molecule has 20 heavy (non-hydrogen) atoms. The Kier molecular flexibility index (Phi) is 4.81. The van der Waals surface area contributed by atoms with Crippen molar-refractivity contribution in [2.45, 2.75) is 32.0 Å². The third-order valence-electron chi connectivity index (χ3n) is 3.22. The van der Waals surface area contributed by atoms with Gasteiger partial charge in [0.05, 0.1) is 0 Å². The summed E-state index contributed by atoms with van der Waals surface area (Å²) < 4.78 is 19.8. The third-order valence-corrected chi connectivity index (χ3v) is 3.78. The second-order valence-electron chi connectivity index (χ2n) is 5.15. The van der Waals surface area contributed by atoms with Crippen molar-refractivity contribution < 1.29 is 9.13 Å². The highest BCUT2D eigenvalue weighted by Crippen LogP contribution is 2.34. The molecular formula is C17H18BrFO. The van der Waals surface area contributed by atoms with E-state index in [2.05, 4.69) is 41.9 Å². The Hall–Kier alpha value is -1.35. The van der Waals surface area contributed by atoms with E-state index < -0.39 is 0 Å². The van der Waals surface area contributed by atoms with Crippen LogP contribution in [0.5, 0.6) is 11.5 Å². The van der Waals surface area contributed by atoms with Crippen molar-refractivity contribution in [3.63, 3.8) is 0 Å². The van der Waals surface area contributed by atoms with Gasteiger partial charge in [-0.1, -0.05) is 48.0 Å². The fraction of sp³-hybridized carbons (Fsp3) is 0.294. The Morgan fingerprint density at radius 2 is 1.90 bits per heavy atom. The third kappa shape index (κ3) is 3.21. The van der Waals surface area contributed by atoms with Crippen molar-refractivity contribution in [1.82, 2.24) is 0 Å². The second kappa shape index (κ2) is 6.40. The maximum absolute atomic E-state index is 13.8. The lowest BCUT2D eigenvalue weighted by molar-refractivity contribution is 0.462. The first-order valence-electron chi connectivity index (χ1n) is 6.64. The van der Waals surface area contributed by atoms with Crippen LogP contribution >= 0.6 is 15.9 Å². The van der Waals surface area contributed by atoms with Gasteiger partial charge in [0.15, 0.2) is 0 Å². The van der Waals surface area contributed by atoms with Gasteiger partial charge < -0.3 is 4.74 Å². The number of aryl methyl sites for hydroxylation is 1. The molecule has 2 rings (SSSR count). The van der Waals surface area contributed by atoms with Gasteiger partial charge in [-0.25, -0.2) is 4.39 Å². The predicted molar refractivity (Wildman–Crippen MR) is 84.4 cm³/mol. The van der Waals surface area contributed by atoms with Crippen LogP contribution in [0.2, 0.25) is 0 Å². The van der Waals surface area contributed by atoms with Crippen LogP contribution in [0.1, 0.15) is 36.5 Å². The zero-order valence-electron chi connectivity index (χ0n) is 11.9. The van der Waals surface area contributed by atoms with E-state index in [-0.39, 0.29) is 5.82 Å². The van der Waals surface area contributed by atoms with Gasteiger partial charge in [0, 0.05) is 10.9 Å². The van der Waals surface area contributed by atoms with Crippen molar-refractivity contribution in [3.05, 3.63) is 58.9 Å². The van der Waals surface area contributed by atoms with Crippen LogP contribution in [0.3, 0.4) is 0 Å². The van der Waals surface area contributed by atoms with E-state index in [1.54, 1.807) is 12.1 Å². The Morgan fingerprint density at radius 3 is 2.55 bits per heavy atom. The summed E-state index contributed by atoms with van der Waals surface area (Å²) in [7, 11) is 0. The molecule has 0 aliphatic heterocycles. The average Bonchev–Trinajstić information content (AvgIpc) is 2.38. The molecule has 2 aromatic carbocycles.